The molecule has 0 spiro atoms. The molecule has 1 aliphatic rings. The van der Waals surface area contributed by atoms with Gasteiger partial charge in [0.05, 0.1) is 31.5 Å². The Morgan fingerprint density at radius 3 is 1.75 bits per heavy atom. The zero-order valence-corrected chi connectivity index (χ0v) is 12.9. The highest BCUT2D eigenvalue weighted by molar-refractivity contribution is 5.00. The van der Waals surface area contributed by atoms with E-state index in [1.807, 2.05) is 27.7 Å². The third-order valence-corrected chi connectivity index (χ3v) is 4.61. The monoisotopic (exact) mass is 294 g/mol. The average molecular weight is 294 g/mol. The van der Waals surface area contributed by atoms with Crippen LogP contribution in [0.2, 0.25) is 0 Å². The van der Waals surface area contributed by atoms with Gasteiger partial charge in [-0.3, -0.25) is 0 Å². The zero-order chi connectivity index (χ0) is 16.2. The van der Waals surface area contributed by atoms with Crippen molar-refractivity contribution < 1.29 is 25.6 Å². The highest BCUT2D eigenvalue weighted by Gasteiger charge is 2.49. The van der Waals surface area contributed by atoms with E-state index in [0.29, 0.717) is 13.0 Å². The molecule has 7 heteroatoms. The lowest BCUT2D eigenvalue weighted by molar-refractivity contribution is -0.245. The van der Waals surface area contributed by atoms with E-state index in [1.54, 1.807) is 0 Å². The average Bonchev–Trinajstić information content (AvgIpc) is 2.42. The number of piperidine rings is 1. The Hall–Kier alpha value is -0.280. The van der Waals surface area contributed by atoms with Gasteiger partial charge in [-0.2, -0.15) is 5.06 Å². The lowest BCUT2D eigenvalue weighted by Crippen LogP contribution is -2.61. The minimum atomic E-state index is -1.21. The summed E-state index contributed by atoms with van der Waals surface area (Å²) in [5.41, 5.74) is 3.32. The van der Waals surface area contributed by atoms with Crippen molar-refractivity contribution in [2.24, 2.45) is 11.1 Å². The molecule has 7 N–H and O–H groups in total. The van der Waals surface area contributed by atoms with Crippen LogP contribution in [0.25, 0.3) is 0 Å². The van der Waals surface area contributed by atoms with Gasteiger partial charge in [0.15, 0.2) is 0 Å². The summed E-state index contributed by atoms with van der Waals surface area (Å²) in [6.45, 7) is 7.22. The molecular formula is C13H30N2O5. The maximum Gasteiger partial charge on any atom is 0.0856 e. The first-order chi connectivity index (χ1) is 8.98. The maximum atomic E-state index is 9.75. The Morgan fingerprint density at radius 1 is 1.10 bits per heavy atom. The highest BCUT2D eigenvalue weighted by Crippen LogP contribution is 2.42. The van der Waals surface area contributed by atoms with Crippen molar-refractivity contribution in [2.75, 3.05) is 26.4 Å². The second kappa shape index (κ2) is 7.13. The summed E-state index contributed by atoms with van der Waals surface area (Å²) < 4.78 is 0. The fourth-order valence-electron chi connectivity index (χ4n) is 1.78. The number of aliphatic hydroxyl groups excluding tert-OH is 4. The van der Waals surface area contributed by atoms with Crippen LogP contribution in [-0.4, -0.2) is 74.2 Å². The van der Waals surface area contributed by atoms with Crippen molar-refractivity contribution in [1.29, 1.82) is 0 Å². The van der Waals surface area contributed by atoms with Crippen LogP contribution in [0, 0.1) is 5.41 Å². The molecule has 0 radical (unpaired) electrons. The summed E-state index contributed by atoms with van der Waals surface area (Å²) >= 11 is 0. The summed E-state index contributed by atoms with van der Waals surface area (Å²) in [5.74, 6) is 0. The number of aliphatic hydroxyl groups is 4. The molecule has 0 aromatic heterocycles. The Kier molecular flexibility index (Phi) is 7.03. The molecule has 1 unspecified atom stereocenters. The van der Waals surface area contributed by atoms with Crippen LogP contribution in [0.3, 0.4) is 0 Å². The van der Waals surface area contributed by atoms with E-state index in [0.717, 1.165) is 0 Å². The second-order valence-electron chi connectivity index (χ2n) is 6.55. The molecule has 0 aromatic rings. The largest absolute Gasteiger partial charge is 0.394 e. The summed E-state index contributed by atoms with van der Waals surface area (Å²) in [5, 5.41) is 45.7. The van der Waals surface area contributed by atoms with Gasteiger partial charge in [0.2, 0.25) is 0 Å². The van der Waals surface area contributed by atoms with Crippen LogP contribution in [-0.2, 0) is 0 Å². The van der Waals surface area contributed by atoms with Crippen molar-refractivity contribution in [1.82, 2.24) is 5.06 Å². The molecule has 7 nitrogen and oxygen atoms in total. The van der Waals surface area contributed by atoms with E-state index in [1.165, 1.54) is 5.06 Å². The standard InChI is InChI=1S/C9H19NO2.C4H11NO3/c1-8(2)7(11)5-6-10(12)9(8,3)4;5-4(1-6,2-7)3-8/h7,11-12H,5-6H2,1-4H3;6-8H,1-3,5H2. The molecular weight excluding hydrogens is 264 g/mol. The Morgan fingerprint density at radius 2 is 1.50 bits per heavy atom. The lowest BCUT2D eigenvalue weighted by atomic mass is 9.67. The van der Waals surface area contributed by atoms with Crippen LogP contribution < -0.4 is 5.73 Å². The van der Waals surface area contributed by atoms with E-state index in [-0.39, 0.29) is 17.1 Å². The molecule has 0 bridgehead atoms. The predicted molar refractivity (Wildman–Crippen MR) is 75.2 cm³/mol. The summed E-state index contributed by atoms with van der Waals surface area (Å²) in [4.78, 5) is 0. The van der Waals surface area contributed by atoms with Crippen LogP contribution in [0.1, 0.15) is 34.1 Å². The number of nitrogens with zero attached hydrogens (tertiary/aromatic N) is 1. The van der Waals surface area contributed by atoms with Crippen molar-refractivity contribution in [2.45, 2.75) is 51.3 Å². The minimum absolute atomic E-state index is 0.264. The number of hydroxylamine groups is 2. The Bertz CT molecular complexity index is 264. The molecule has 1 rings (SSSR count). The topological polar surface area (TPSA) is 130 Å². The summed E-state index contributed by atoms with van der Waals surface area (Å²) in [7, 11) is 0. The number of hydrogen-bond donors (Lipinski definition) is 6. The molecule has 122 valence electrons. The second-order valence-corrected chi connectivity index (χ2v) is 6.55. The van der Waals surface area contributed by atoms with Gasteiger partial charge in [-0.25, -0.2) is 0 Å². The molecule has 1 atom stereocenters. The van der Waals surface area contributed by atoms with Crippen molar-refractivity contribution in [3.63, 3.8) is 0 Å². The first-order valence-electron chi connectivity index (χ1n) is 6.74. The van der Waals surface area contributed by atoms with Gasteiger partial charge in [-0.1, -0.05) is 13.8 Å². The smallest absolute Gasteiger partial charge is 0.0856 e. The molecule has 1 heterocycles. The molecule has 0 saturated carbocycles. The van der Waals surface area contributed by atoms with Gasteiger partial charge in [-0.05, 0) is 20.3 Å². The first kappa shape index (κ1) is 19.7. The lowest BCUT2D eigenvalue weighted by Gasteiger charge is -2.52. The molecule has 1 fully saturated rings. The van der Waals surface area contributed by atoms with Crippen LogP contribution >= 0.6 is 0 Å². The van der Waals surface area contributed by atoms with Crippen LogP contribution in [0.15, 0.2) is 0 Å². The van der Waals surface area contributed by atoms with E-state index in [4.69, 9.17) is 21.1 Å². The van der Waals surface area contributed by atoms with Gasteiger partial charge in [0, 0.05) is 17.5 Å². The van der Waals surface area contributed by atoms with Gasteiger partial charge in [0.25, 0.3) is 0 Å². The highest BCUT2D eigenvalue weighted by atomic mass is 16.5. The SMILES string of the molecule is CC1(C)C(O)CCN(O)C1(C)C.NC(CO)(CO)CO. The van der Waals surface area contributed by atoms with Crippen LogP contribution in [0.4, 0.5) is 0 Å². The Balaban J connectivity index is 0.000000396. The molecule has 0 aromatic carbocycles. The minimum Gasteiger partial charge on any atom is -0.394 e. The molecule has 0 amide bonds. The number of hydrogen-bond acceptors (Lipinski definition) is 7. The zero-order valence-electron chi connectivity index (χ0n) is 12.9. The van der Waals surface area contributed by atoms with Gasteiger partial charge >= 0.3 is 0 Å². The maximum absolute atomic E-state index is 9.75. The predicted octanol–water partition coefficient (Wildman–Crippen LogP) is -1.09. The molecule has 0 aliphatic carbocycles. The van der Waals surface area contributed by atoms with Crippen molar-refractivity contribution >= 4 is 0 Å². The van der Waals surface area contributed by atoms with E-state index in [9.17, 15) is 10.3 Å². The fourth-order valence-corrected chi connectivity index (χ4v) is 1.78. The Labute approximate surface area is 120 Å². The summed E-state index contributed by atoms with van der Waals surface area (Å²) in [6, 6.07) is 0. The first-order valence-corrected chi connectivity index (χ1v) is 6.74. The van der Waals surface area contributed by atoms with Crippen molar-refractivity contribution in [3.8, 4) is 0 Å². The van der Waals surface area contributed by atoms with E-state index in [2.05, 4.69) is 0 Å². The number of nitrogens with two attached hydrogens (primary N) is 1. The third-order valence-electron chi connectivity index (χ3n) is 4.61. The summed E-state index contributed by atoms with van der Waals surface area (Å²) in [6.07, 6.45) is 0.323. The molecule has 1 saturated heterocycles. The number of rotatable bonds is 3. The fraction of sp³-hybridized carbons (Fsp3) is 1.00. The van der Waals surface area contributed by atoms with Crippen molar-refractivity contribution in [3.05, 3.63) is 0 Å². The van der Waals surface area contributed by atoms with Crippen LogP contribution in [0.5, 0.6) is 0 Å². The van der Waals surface area contributed by atoms with E-state index < -0.39 is 25.4 Å². The quantitative estimate of drug-likeness (QED) is 0.390. The normalized spacial score (nSPS) is 25.8. The molecule has 20 heavy (non-hydrogen) atoms. The van der Waals surface area contributed by atoms with Gasteiger partial charge < -0.3 is 31.4 Å². The third kappa shape index (κ3) is 4.11. The van der Waals surface area contributed by atoms with Gasteiger partial charge in [0.1, 0.15) is 0 Å². The molecule has 1 aliphatic heterocycles. The van der Waals surface area contributed by atoms with E-state index >= 15 is 0 Å². The van der Waals surface area contributed by atoms with Gasteiger partial charge in [-0.15, -0.1) is 0 Å².